The van der Waals surface area contributed by atoms with Crippen LogP contribution in [0.1, 0.15) is 0 Å². The monoisotopic (exact) mass is 270 g/mol. The SMILES string of the molecule is Nc1cccc(-c2nccn2-c2ccc(Cl)cn2)c1. The van der Waals surface area contributed by atoms with Crippen molar-refractivity contribution in [1.29, 1.82) is 0 Å². The van der Waals surface area contributed by atoms with E-state index in [1.54, 1.807) is 18.5 Å². The third kappa shape index (κ3) is 2.30. The number of imidazole rings is 1. The molecule has 19 heavy (non-hydrogen) atoms. The van der Waals surface area contributed by atoms with E-state index in [2.05, 4.69) is 9.97 Å². The van der Waals surface area contributed by atoms with E-state index in [0.29, 0.717) is 10.7 Å². The van der Waals surface area contributed by atoms with Gasteiger partial charge in [-0.2, -0.15) is 0 Å². The number of nitrogen functional groups attached to an aromatic ring is 1. The van der Waals surface area contributed by atoms with Crippen molar-refractivity contribution in [2.75, 3.05) is 5.73 Å². The van der Waals surface area contributed by atoms with Crippen LogP contribution in [0.4, 0.5) is 5.69 Å². The van der Waals surface area contributed by atoms with Gasteiger partial charge in [-0.05, 0) is 24.3 Å². The first kappa shape index (κ1) is 11.7. The number of anilines is 1. The highest BCUT2D eigenvalue weighted by Crippen LogP contribution is 2.22. The highest BCUT2D eigenvalue weighted by atomic mass is 35.5. The van der Waals surface area contributed by atoms with Gasteiger partial charge in [0.1, 0.15) is 11.6 Å². The average molecular weight is 271 g/mol. The van der Waals surface area contributed by atoms with Gasteiger partial charge >= 0.3 is 0 Å². The van der Waals surface area contributed by atoms with Crippen LogP contribution in [0.3, 0.4) is 0 Å². The van der Waals surface area contributed by atoms with Crippen molar-refractivity contribution in [3.8, 4) is 17.2 Å². The molecule has 0 amide bonds. The summed E-state index contributed by atoms with van der Waals surface area (Å²) in [4.78, 5) is 8.65. The summed E-state index contributed by atoms with van der Waals surface area (Å²) in [5, 5.41) is 0.606. The van der Waals surface area contributed by atoms with E-state index < -0.39 is 0 Å². The Balaban J connectivity index is 2.10. The molecule has 0 aliphatic rings. The van der Waals surface area contributed by atoms with Gasteiger partial charge in [-0.25, -0.2) is 9.97 Å². The number of rotatable bonds is 2. The summed E-state index contributed by atoms with van der Waals surface area (Å²) in [5.41, 5.74) is 7.45. The van der Waals surface area contributed by atoms with Crippen LogP contribution in [-0.4, -0.2) is 14.5 Å². The Hall–Kier alpha value is -2.33. The second-order valence-electron chi connectivity index (χ2n) is 4.08. The van der Waals surface area contributed by atoms with Crippen molar-refractivity contribution in [1.82, 2.24) is 14.5 Å². The smallest absolute Gasteiger partial charge is 0.145 e. The van der Waals surface area contributed by atoms with Crippen LogP contribution in [0.25, 0.3) is 17.2 Å². The lowest BCUT2D eigenvalue weighted by Crippen LogP contribution is -1.99. The Morgan fingerprint density at radius 2 is 2.00 bits per heavy atom. The van der Waals surface area contributed by atoms with Gasteiger partial charge in [0.15, 0.2) is 0 Å². The largest absolute Gasteiger partial charge is 0.399 e. The topological polar surface area (TPSA) is 56.7 Å². The van der Waals surface area contributed by atoms with Gasteiger partial charge in [0.2, 0.25) is 0 Å². The summed E-state index contributed by atoms with van der Waals surface area (Å²) in [6, 6.07) is 11.2. The summed E-state index contributed by atoms with van der Waals surface area (Å²) in [6.07, 6.45) is 5.20. The summed E-state index contributed by atoms with van der Waals surface area (Å²) < 4.78 is 1.89. The van der Waals surface area contributed by atoms with E-state index >= 15 is 0 Å². The molecule has 3 rings (SSSR count). The fraction of sp³-hybridized carbons (Fsp3) is 0. The van der Waals surface area contributed by atoms with E-state index in [0.717, 1.165) is 17.2 Å². The van der Waals surface area contributed by atoms with Crippen LogP contribution in [0.15, 0.2) is 55.0 Å². The summed E-state index contributed by atoms with van der Waals surface area (Å²) in [5.74, 6) is 1.56. The molecular formula is C14H11ClN4. The molecule has 0 spiro atoms. The van der Waals surface area contributed by atoms with E-state index in [9.17, 15) is 0 Å². The molecule has 0 saturated carbocycles. The lowest BCUT2D eigenvalue weighted by Gasteiger charge is -2.07. The van der Waals surface area contributed by atoms with Crippen LogP contribution < -0.4 is 5.73 Å². The summed E-state index contributed by atoms with van der Waals surface area (Å²) >= 11 is 5.85. The number of hydrogen-bond donors (Lipinski definition) is 1. The van der Waals surface area contributed by atoms with Crippen LogP contribution in [0.2, 0.25) is 5.02 Å². The molecule has 2 N–H and O–H groups in total. The van der Waals surface area contributed by atoms with E-state index in [1.807, 2.05) is 41.1 Å². The Morgan fingerprint density at radius 1 is 1.11 bits per heavy atom. The maximum absolute atomic E-state index is 5.85. The molecule has 2 heterocycles. The third-order valence-corrected chi connectivity index (χ3v) is 2.97. The fourth-order valence-corrected chi connectivity index (χ4v) is 2.00. The number of aromatic nitrogens is 3. The minimum Gasteiger partial charge on any atom is -0.399 e. The number of benzene rings is 1. The highest BCUT2D eigenvalue weighted by Gasteiger charge is 2.08. The van der Waals surface area contributed by atoms with Crippen molar-refractivity contribution >= 4 is 17.3 Å². The quantitative estimate of drug-likeness (QED) is 0.728. The molecular weight excluding hydrogens is 260 g/mol. The molecule has 0 fully saturated rings. The third-order valence-electron chi connectivity index (χ3n) is 2.74. The Labute approximate surface area is 115 Å². The van der Waals surface area contributed by atoms with E-state index in [1.165, 1.54) is 0 Å². The number of nitrogens with zero attached hydrogens (tertiary/aromatic N) is 3. The maximum Gasteiger partial charge on any atom is 0.145 e. The van der Waals surface area contributed by atoms with Crippen molar-refractivity contribution in [3.63, 3.8) is 0 Å². The number of pyridine rings is 1. The first-order valence-corrected chi connectivity index (χ1v) is 6.13. The lowest BCUT2D eigenvalue weighted by molar-refractivity contribution is 1.00. The van der Waals surface area contributed by atoms with Gasteiger partial charge in [-0.3, -0.25) is 4.57 Å². The molecule has 4 nitrogen and oxygen atoms in total. The van der Waals surface area contributed by atoms with Gasteiger partial charge in [0, 0.05) is 29.8 Å². The van der Waals surface area contributed by atoms with Crippen LogP contribution in [-0.2, 0) is 0 Å². The fourth-order valence-electron chi connectivity index (χ4n) is 1.89. The van der Waals surface area contributed by atoms with E-state index in [4.69, 9.17) is 17.3 Å². The number of halogens is 1. The normalized spacial score (nSPS) is 10.6. The maximum atomic E-state index is 5.85. The van der Waals surface area contributed by atoms with Crippen molar-refractivity contribution in [3.05, 3.63) is 60.0 Å². The zero-order valence-corrected chi connectivity index (χ0v) is 10.7. The van der Waals surface area contributed by atoms with Gasteiger partial charge in [-0.15, -0.1) is 0 Å². The molecule has 0 radical (unpaired) electrons. The average Bonchev–Trinajstić information content (AvgIpc) is 2.89. The lowest BCUT2D eigenvalue weighted by atomic mass is 10.2. The van der Waals surface area contributed by atoms with Crippen LogP contribution in [0.5, 0.6) is 0 Å². The first-order valence-electron chi connectivity index (χ1n) is 5.75. The van der Waals surface area contributed by atoms with Crippen LogP contribution >= 0.6 is 11.6 Å². The van der Waals surface area contributed by atoms with Gasteiger partial charge in [0.25, 0.3) is 0 Å². The minimum atomic E-state index is 0.606. The second-order valence-corrected chi connectivity index (χ2v) is 4.52. The molecule has 0 aliphatic heterocycles. The first-order chi connectivity index (χ1) is 9.24. The van der Waals surface area contributed by atoms with Crippen molar-refractivity contribution in [2.24, 2.45) is 0 Å². The number of hydrogen-bond acceptors (Lipinski definition) is 3. The zero-order chi connectivity index (χ0) is 13.2. The Kier molecular flexibility index (Phi) is 2.93. The molecule has 5 heteroatoms. The van der Waals surface area contributed by atoms with Crippen LogP contribution in [0, 0.1) is 0 Å². The van der Waals surface area contributed by atoms with Crippen molar-refractivity contribution in [2.45, 2.75) is 0 Å². The summed E-state index contributed by atoms with van der Waals surface area (Å²) in [7, 11) is 0. The zero-order valence-electron chi connectivity index (χ0n) is 9.99. The molecule has 0 saturated heterocycles. The highest BCUT2D eigenvalue weighted by molar-refractivity contribution is 6.30. The molecule has 3 aromatic rings. The molecule has 0 unspecified atom stereocenters. The number of nitrogens with two attached hydrogens (primary N) is 1. The van der Waals surface area contributed by atoms with Gasteiger partial charge < -0.3 is 5.73 Å². The molecule has 0 atom stereocenters. The second kappa shape index (κ2) is 4.74. The molecule has 94 valence electrons. The molecule has 0 aliphatic carbocycles. The molecule has 1 aromatic carbocycles. The summed E-state index contributed by atoms with van der Waals surface area (Å²) in [6.45, 7) is 0. The Morgan fingerprint density at radius 3 is 2.74 bits per heavy atom. The van der Waals surface area contributed by atoms with Crippen molar-refractivity contribution < 1.29 is 0 Å². The van der Waals surface area contributed by atoms with Gasteiger partial charge in [-0.1, -0.05) is 23.7 Å². The Bertz CT molecular complexity index is 703. The van der Waals surface area contributed by atoms with E-state index in [-0.39, 0.29) is 0 Å². The standard InChI is InChI=1S/C14H11ClN4/c15-11-4-5-13(18-9-11)19-7-6-17-14(19)10-2-1-3-12(16)8-10/h1-9H,16H2. The predicted molar refractivity (Wildman–Crippen MR) is 76.2 cm³/mol. The van der Waals surface area contributed by atoms with Gasteiger partial charge in [0.05, 0.1) is 5.02 Å². The minimum absolute atomic E-state index is 0.606. The molecule has 0 bridgehead atoms. The molecule has 2 aromatic heterocycles. The predicted octanol–water partition coefficient (Wildman–Crippen LogP) is 3.17.